The number of amides is 1. The Morgan fingerprint density at radius 1 is 1.12 bits per heavy atom. The number of halogens is 2. The highest BCUT2D eigenvalue weighted by Gasteiger charge is 2.18. The summed E-state index contributed by atoms with van der Waals surface area (Å²) in [5.41, 5.74) is 1.83. The minimum Gasteiger partial charge on any atom is -0.297 e. The minimum absolute atomic E-state index is 0.246. The lowest BCUT2D eigenvalue weighted by molar-refractivity contribution is 0.103. The second-order valence-corrected chi connectivity index (χ2v) is 8.18. The second-order valence-electron chi connectivity index (χ2n) is 5.28. The first-order valence-electron chi connectivity index (χ1n) is 7.08. The molecular formula is C17H10Cl2N2OS2. The van der Waals surface area contributed by atoms with Gasteiger partial charge in [0.15, 0.2) is 5.13 Å². The molecule has 1 amide bonds. The van der Waals surface area contributed by atoms with Gasteiger partial charge in [0.05, 0.1) is 15.2 Å². The van der Waals surface area contributed by atoms with Crippen LogP contribution in [0, 0.1) is 6.92 Å². The van der Waals surface area contributed by atoms with E-state index in [1.54, 1.807) is 0 Å². The first-order chi connectivity index (χ1) is 11.5. The number of thiophene rings is 1. The molecule has 24 heavy (non-hydrogen) atoms. The Balaban J connectivity index is 1.70. The van der Waals surface area contributed by atoms with Gasteiger partial charge < -0.3 is 0 Å². The molecule has 0 aliphatic rings. The number of hydrogen-bond acceptors (Lipinski definition) is 4. The van der Waals surface area contributed by atoms with Crippen LogP contribution in [0.3, 0.4) is 0 Å². The molecule has 2 aromatic heterocycles. The molecule has 0 fully saturated rings. The van der Waals surface area contributed by atoms with Crippen LogP contribution >= 0.6 is 45.9 Å². The number of carbonyl (C=O) groups is 1. The first kappa shape index (κ1) is 15.8. The molecule has 0 aliphatic heterocycles. The molecule has 0 saturated heterocycles. The van der Waals surface area contributed by atoms with Crippen molar-refractivity contribution in [3.8, 4) is 0 Å². The molecule has 0 aliphatic carbocycles. The highest BCUT2D eigenvalue weighted by atomic mass is 35.5. The molecule has 0 radical (unpaired) electrons. The Morgan fingerprint density at radius 2 is 1.92 bits per heavy atom. The van der Waals surface area contributed by atoms with Crippen LogP contribution in [0.5, 0.6) is 0 Å². The quantitative estimate of drug-likeness (QED) is 0.429. The Bertz CT molecular complexity index is 1100. The highest BCUT2D eigenvalue weighted by Crippen LogP contribution is 2.36. The van der Waals surface area contributed by atoms with E-state index in [1.165, 1.54) is 22.7 Å². The first-order valence-corrected chi connectivity index (χ1v) is 9.47. The Morgan fingerprint density at radius 3 is 2.71 bits per heavy atom. The van der Waals surface area contributed by atoms with Crippen molar-refractivity contribution in [2.24, 2.45) is 0 Å². The predicted octanol–water partition coefficient (Wildman–Crippen LogP) is 6.38. The fourth-order valence-corrected chi connectivity index (χ4v) is 5.25. The number of hydrogen-bond donors (Lipinski definition) is 1. The fraction of sp³-hybridized carbons (Fsp3) is 0.0588. The highest BCUT2D eigenvalue weighted by molar-refractivity contribution is 7.23. The molecule has 2 aromatic carbocycles. The molecule has 4 aromatic rings. The third-order valence-corrected chi connectivity index (χ3v) is 6.42. The van der Waals surface area contributed by atoms with Crippen molar-refractivity contribution >= 4 is 77.2 Å². The van der Waals surface area contributed by atoms with Crippen molar-refractivity contribution in [1.29, 1.82) is 0 Å². The summed E-state index contributed by atoms with van der Waals surface area (Å²) >= 11 is 15.2. The lowest BCUT2D eigenvalue weighted by Gasteiger charge is -1.99. The number of rotatable bonds is 2. The van der Waals surface area contributed by atoms with Gasteiger partial charge in [-0.25, -0.2) is 4.98 Å². The van der Waals surface area contributed by atoms with Crippen molar-refractivity contribution in [1.82, 2.24) is 4.98 Å². The summed E-state index contributed by atoms with van der Waals surface area (Å²) in [6.45, 7) is 1.95. The van der Waals surface area contributed by atoms with Crippen molar-refractivity contribution in [2.75, 3.05) is 5.32 Å². The zero-order valence-electron chi connectivity index (χ0n) is 12.4. The maximum absolute atomic E-state index is 12.6. The zero-order valence-corrected chi connectivity index (χ0v) is 15.5. The van der Waals surface area contributed by atoms with E-state index < -0.39 is 0 Å². The standard InChI is InChI=1S/C17H10Cl2N2OS2/c1-8-6-9(18)7-12-14(8)20-17(24-12)21-16(22)15-13(19)10-4-2-3-5-11(10)23-15/h2-7H,1H3,(H,20,21,22). The lowest BCUT2D eigenvalue weighted by Crippen LogP contribution is -2.10. The summed E-state index contributed by atoms with van der Waals surface area (Å²) in [4.78, 5) is 17.6. The van der Waals surface area contributed by atoms with Crippen LogP contribution in [0.4, 0.5) is 5.13 Å². The number of thiazole rings is 1. The van der Waals surface area contributed by atoms with Gasteiger partial charge in [-0.1, -0.05) is 52.7 Å². The van der Waals surface area contributed by atoms with Crippen LogP contribution < -0.4 is 5.32 Å². The maximum atomic E-state index is 12.6. The monoisotopic (exact) mass is 392 g/mol. The number of aromatic nitrogens is 1. The summed E-state index contributed by atoms with van der Waals surface area (Å²) in [5.74, 6) is -0.246. The molecule has 0 saturated carbocycles. The maximum Gasteiger partial charge on any atom is 0.269 e. The van der Waals surface area contributed by atoms with Gasteiger partial charge in [0.25, 0.3) is 5.91 Å². The predicted molar refractivity (Wildman–Crippen MR) is 104 cm³/mol. The Labute approximate surface area is 155 Å². The molecule has 0 bridgehead atoms. The summed E-state index contributed by atoms with van der Waals surface area (Å²) in [5, 5.41) is 5.41. The zero-order chi connectivity index (χ0) is 16.8. The van der Waals surface area contributed by atoms with E-state index in [1.807, 2.05) is 43.3 Å². The second kappa shape index (κ2) is 6.01. The van der Waals surface area contributed by atoms with E-state index in [2.05, 4.69) is 10.3 Å². The molecule has 0 spiro atoms. The van der Waals surface area contributed by atoms with Gasteiger partial charge >= 0.3 is 0 Å². The van der Waals surface area contributed by atoms with Crippen LogP contribution in [0.2, 0.25) is 10.0 Å². The van der Waals surface area contributed by atoms with E-state index in [-0.39, 0.29) is 5.91 Å². The molecule has 0 atom stereocenters. The molecule has 4 rings (SSSR count). The van der Waals surface area contributed by atoms with Gasteiger partial charge in [0.1, 0.15) is 4.88 Å². The molecule has 3 nitrogen and oxygen atoms in total. The van der Waals surface area contributed by atoms with E-state index >= 15 is 0 Å². The van der Waals surface area contributed by atoms with E-state index in [9.17, 15) is 4.79 Å². The molecule has 2 heterocycles. The third-order valence-electron chi connectivity index (χ3n) is 3.61. The average Bonchev–Trinajstić information content (AvgIpc) is 3.09. The van der Waals surface area contributed by atoms with Crippen LogP contribution in [0.15, 0.2) is 36.4 Å². The summed E-state index contributed by atoms with van der Waals surface area (Å²) in [6.07, 6.45) is 0. The van der Waals surface area contributed by atoms with Crippen molar-refractivity contribution in [2.45, 2.75) is 6.92 Å². The van der Waals surface area contributed by atoms with Crippen molar-refractivity contribution < 1.29 is 4.79 Å². The topological polar surface area (TPSA) is 42.0 Å². The van der Waals surface area contributed by atoms with Gasteiger partial charge in [-0.2, -0.15) is 0 Å². The number of benzene rings is 2. The van der Waals surface area contributed by atoms with Crippen molar-refractivity contribution in [3.05, 3.63) is 56.9 Å². The average molecular weight is 393 g/mol. The summed E-state index contributed by atoms with van der Waals surface area (Å²) in [7, 11) is 0. The molecular weight excluding hydrogens is 383 g/mol. The van der Waals surface area contributed by atoms with Crippen LogP contribution in [-0.4, -0.2) is 10.9 Å². The normalized spacial score (nSPS) is 11.3. The Hall–Kier alpha value is -1.66. The number of fused-ring (bicyclic) bond motifs is 2. The molecule has 7 heteroatoms. The number of nitrogens with one attached hydrogen (secondary N) is 1. The smallest absolute Gasteiger partial charge is 0.269 e. The van der Waals surface area contributed by atoms with Gasteiger partial charge in [-0.3, -0.25) is 10.1 Å². The van der Waals surface area contributed by atoms with Gasteiger partial charge in [0, 0.05) is 15.1 Å². The van der Waals surface area contributed by atoms with Gasteiger partial charge in [-0.05, 0) is 30.7 Å². The van der Waals surface area contributed by atoms with E-state index in [4.69, 9.17) is 23.2 Å². The van der Waals surface area contributed by atoms with E-state index in [0.29, 0.717) is 20.1 Å². The van der Waals surface area contributed by atoms with E-state index in [0.717, 1.165) is 25.9 Å². The lowest BCUT2D eigenvalue weighted by atomic mass is 10.2. The number of anilines is 1. The number of carbonyl (C=O) groups excluding carboxylic acids is 1. The minimum atomic E-state index is -0.246. The van der Waals surface area contributed by atoms with Gasteiger partial charge in [-0.15, -0.1) is 11.3 Å². The largest absolute Gasteiger partial charge is 0.297 e. The molecule has 0 unspecified atom stereocenters. The molecule has 120 valence electrons. The summed E-state index contributed by atoms with van der Waals surface area (Å²) < 4.78 is 1.93. The Kier molecular flexibility index (Phi) is 3.96. The van der Waals surface area contributed by atoms with Crippen LogP contribution in [0.25, 0.3) is 20.3 Å². The fourth-order valence-electron chi connectivity index (χ4n) is 2.52. The summed E-state index contributed by atoms with van der Waals surface area (Å²) in [6, 6.07) is 11.4. The SMILES string of the molecule is Cc1cc(Cl)cc2sc(NC(=O)c3sc4ccccc4c3Cl)nc12. The third kappa shape index (κ3) is 2.67. The number of nitrogens with zero attached hydrogens (tertiary/aromatic N) is 1. The number of aryl methyl sites for hydroxylation is 1. The van der Waals surface area contributed by atoms with Crippen LogP contribution in [-0.2, 0) is 0 Å². The van der Waals surface area contributed by atoms with Gasteiger partial charge in [0.2, 0.25) is 0 Å². The van der Waals surface area contributed by atoms with Crippen LogP contribution in [0.1, 0.15) is 15.2 Å². The molecule has 1 N–H and O–H groups in total. The van der Waals surface area contributed by atoms with Crippen molar-refractivity contribution in [3.63, 3.8) is 0 Å².